The molecule has 0 atom stereocenters. The molecule has 4 heteroatoms. The second kappa shape index (κ2) is 6.11. The first-order valence-electron chi connectivity index (χ1n) is 8.46. The van der Waals surface area contributed by atoms with Crippen LogP contribution in [0, 0.1) is 0 Å². The van der Waals surface area contributed by atoms with Gasteiger partial charge in [0, 0.05) is 24.7 Å². The number of piperazine rings is 1. The Hall–Kier alpha value is -2.62. The Morgan fingerprint density at radius 3 is 2.17 bits per heavy atom. The summed E-state index contributed by atoms with van der Waals surface area (Å²) in [6.45, 7) is 1.49. The molecule has 1 saturated heterocycles. The molecule has 1 saturated carbocycles. The summed E-state index contributed by atoms with van der Waals surface area (Å²) in [5.74, 6) is 0.0245. The summed E-state index contributed by atoms with van der Waals surface area (Å²) in [5.41, 5.74) is 2.86. The summed E-state index contributed by atoms with van der Waals surface area (Å²) < 4.78 is 0. The van der Waals surface area contributed by atoms with Crippen LogP contribution in [0.4, 0.5) is 0 Å². The molecule has 4 nitrogen and oxygen atoms in total. The molecule has 1 heterocycles. The van der Waals surface area contributed by atoms with Crippen molar-refractivity contribution >= 4 is 11.8 Å². The fourth-order valence-corrected chi connectivity index (χ4v) is 3.25. The topological polar surface area (TPSA) is 40.6 Å². The number of rotatable bonds is 3. The predicted molar refractivity (Wildman–Crippen MR) is 92.5 cm³/mol. The molecule has 0 unspecified atom stereocenters. The smallest absolute Gasteiger partial charge is 0.254 e. The average molecular weight is 320 g/mol. The van der Waals surface area contributed by atoms with E-state index in [9.17, 15) is 9.59 Å². The number of carbonyl (C=O) groups is 2. The van der Waals surface area contributed by atoms with E-state index in [1.807, 2.05) is 59.5 Å². The minimum atomic E-state index is -0.0570. The quantitative estimate of drug-likeness (QED) is 0.872. The van der Waals surface area contributed by atoms with Gasteiger partial charge in [-0.05, 0) is 36.1 Å². The van der Waals surface area contributed by atoms with Crippen LogP contribution in [-0.4, -0.2) is 47.3 Å². The second-order valence-electron chi connectivity index (χ2n) is 6.49. The molecule has 24 heavy (non-hydrogen) atoms. The number of carbonyl (C=O) groups excluding carboxylic acids is 2. The van der Waals surface area contributed by atoms with Gasteiger partial charge in [-0.3, -0.25) is 9.59 Å². The average Bonchev–Trinajstić information content (AvgIpc) is 3.47. The van der Waals surface area contributed by atoms with E-state index in [0.717, 1.165) is 24.0 Å². The standard InChI is InChI=1S/C20H20N2O2/c23-19-14-21(12-13-22(19)18-10-11-18)20(24)17-8-6-16(7-9-17)15-4-2-1-3-5-15/h1-9,18H,10-14H2. The molecule has 2 aromatic carbocycles. The van der Waals surface area contributed by atoms with E-state index < -0.39 is 0 Å². The molecule has 2 aromatic rings. The van der Waals surface area contributed by atoms with Crippen LogP contribution in [0.1, 0.15) is 23.2 Å². The lowest BCUT2D eigenvalue weighted by Gasteiger charge is -2.34. The van der Waals surface area contributed by atoms with Gasteiger partial charge in [-0.15, -0.1) is 0 Å². The number of nitrogens with zero attached hydrogens (tertiary/aromatic N) is 2. The van der Waals surface area contributed by atoms with E-state index in [1.54, 1.807) is 4.90 Å². The van der Waals surface area contributed by atoms with Crippen molar-refractivity contribution in [3.8, 4) is 11.1 Å². The van der Waals surface area contributed by atoms with Crippen molar-refractivity contribution in [3.05, 3.63) is 60.2 Å². The number of hydrogen-bond donors (Lipinski definition) is 0. The highest BCUT2D eigenvalue weighted by Crippen LogP contribution is 2.28. The van der Waals surface area contributed by atoms with Crippen LogP contribution >= 0.6 is 0 Å². The number of hydrogen-bond acceptors (Lipinski definition) is 2. The summed E-state index contributed by atoms with van der Waals surface area (Å²) in [4.78, 5) is 28.4. The van der Waals surface area contributed by atoms with Gasteiger partial charge in [0.2, 0.25) is 5.91 Å². The first-order chi connectivity index (χ1) is 11.7. The third-order valence-corrected chi connectivity index (χ3v) is 4.77. The van der Waals surface area contributed by atoms with Crippen molar-refractivity contribution in [1.29, 1.82) is 0 Å². The predicted octanol–water partition coefficient (Wildman–Crippen LogP) is 2.80. The Morgan fingerprint density at radius 2 is 1.54 bits per heavy atom. The monoisotopic (exact) mass is 320 g/mol. The first-order valence-corrected chi connectivity index (χ1v) is 8.46. The molecule has 1 aliphatic carbocycles. The Bertz CT molecular complexity index is 751. The molecule has 0 spiro atoms. The molecule has 1 aliphatic heterocycles. The molecule has 0 N–H and O–H groups in total. The second-order valence-corrected chi connectivity index (χ2v) is 6.49. The summed E-state index contributed by atoms with van der Waals surface area (Å²) in [7, 11) is 0. The van der Waals surface area contributed by atoms with Crippen LogP contribution in [0.15, 0.2) is 54.6 Å². The van der Waals surface area contributed by atoms with Gasteiger partial charge in [0.25, 0.3) is 5.91 Å². The molecular weight excluding hydrogens is 300 g/mol. The van der Waals surface area contributed by atoms with Gasteiger partial charge in [-0.25, -0.2) is 0 Å². The SMILES string of the molecule is O=C(c1ccc(-c2ccccc2)cc1)N1CCN(C2CC2)C(=O)C1. The fourth-order valence-electron chi connectivity index (χ4n) is 3.25. The lowest BCUT2D eigenvalue weighted by molar-refractivity contribution is -0.135. The molecule has 0 bridgehead atoms. The van der Waals surface area contributed by atoms with Crippen LogP contribution in [0.5, 0.6) is 0 Å². The normalized spacial score (nSPS) is 17.9. The molecule has 2 amide bonds. The zero-order valence-electron chi connectivity index (χ0n) is 13.5. The summed E-state index contributed by atoms with van der Waals surface area (Å²) in [6.07, 6.45) is 2.22. The summed E-state index contributed by atoms with van der Waals surface area (Å²) >= 11 is 0. The Kier molecular flexibility index (Phi) is 3.81. The highest BCUT2D eigenvalue weighted by atomic mass is 16.2. The van der Waals surface area contributed by atoms with E-state index in [2.05, 4.69) is 0 Å². The van der Waals surface area contributed by atoms with Crippen LogP contribution in [0.3, 0.4) is 0 Å². The van der Waals surface area contributed by atoms with Crippen molar-refractivity contribution in [2.45, 2.75) is 18.9 Å². The number of amides is 2. The van der Waals surface area contributed by atoms with Gasteiger partial charge in [-0.2, -0.15) is 0 Å². The summed E-state index contributed by atoms with van der Waals surface area (Å²) in [5, 5.41) is 0. The van der Waals surface area contributed by atoms with Gasteiger partial charge >= 0.3 is 0 Å². The molecule has 122 valence electrons. The summed E-state index contributed by atoms with van der Waals surface area (Å²) in [6, 6.07) is 18.1. The molecule has 2 aliphatic rings. The maximum absolute atomic E-state index is 12.6. The van der Waals surface area contributed by atoms with Crippen LogP contribution < -0.4 is 0 Å². The lowest BCUT2D eigenvalue weighted by atomic mass is 10.0. The zero-order chi connectivity index (χ0) is 16.5. The van der Waals surface area contributed by atoms with Gasteiger partial charge in [-0.1, -0.05) is 42.5 Å². The van der Waals surface area contributed by atoms with Crippen LogP contribution in [0.25, 0.3) is 11.1 Å². The van der Waals surface area contributed by atoms with Crippen molar-refractivity contribution in [1.82, 2.24) is 9.80 Å². The minimum absolute atomic E-state index is 0.0570. The Balaban J connectivity index is 1.46. The highest BCUT2D eigenvalue weighted by Gasteiger charge is 2.36. The molecule has 0 aromatic heterocycles. The van der Waals surface area contributed by atoms with E-state index in [-0.39, 0.29) is 18.4 Å². The first kappa shape index (κ1) is 14.9. The Morgan fingerprint density at radius 1 is 0.875 bits per heavy atom. The zero-order valence-corrected chi connectivity index (χ0v) is 13.5. The molecule has 4 rings (SSSR count). The van der Waals surface area contributed by atoms with Gasteiger partial charge in [0.05, 0.1) is 0 Å². The largest absolute Gasteiger partial charge is 0.336 e. The molecule has 0 radical (unpaired) electrons. The van der Waals surface area contributed by atoms with Crippen LogP contribution in [0.2, 0.25) is 0 Å². The van der Waals surface area contributed by atoms with E-state index >= 15 is 0 Å². The molecular formula is C20H20N2O2. The van der Waals surface area contributed by atoms with E-state index in [0.29, 0.717) is 24.7 Å². The minimum Gasteiger partial charge on any atom is -0.336 e. The van der Waals surface area contributed by atoms with E-state index in [1.165, 1.54) is 0 Å². The Labute approximate surface area is 141 Å². The van der Waals surface area contributed by atoms with Crippen LogP contribution in [-0.2, 0) is 4.79 Å². The number of benzene rings is 2. The van der Waals surface area contributed by atoms with Crippen molar-refractivity contribution < 1.29 is 9.59 Å². The van der Waals surface area contributed by atoms with Gasteiger partial charge in [0.1, 0.15) is 6.54 Å². The van der Waals surface area contributed by atoms with Gasteiger partial charge < -0.3 is 9.80 Å². The molecule has 2 fully saturated rings. The van der Waals surface area contributed by atoms with E-state index in [4.69, 9.17) is 0 Å². The lowest BCUT2D eigenvalue weighted by Crippen LogP contribution is -2.52. The fraction of sp³-hybridized carbons (Fsp3) is 0.300. The maximum atomic E-state index is 12.6. The third-order valence-electron chi connectivity index (χ3n) is 4.77. The third kappa shape index (κ3) is 2.92. The van der Waals surface area contributed by atoms with Crippen molar-refractivity contribution in [3.63, 3.8) is 0 Å². The van der Waals surface area contributed by atoms with Gasteiger partial charge in [0.15, 0.2) is 0 Å². The van der Waals surface area contributed by atoms with Crippen molar-refractivity contribution in [2.24, 2.45) is 0 Å². The maximum Gasteiger partial charge on any atom is 0.254 e. The highest BCUT2D eigenvalue weighted by molar-refractivity contribution is 5.97. The van der Waals surface area contributed by atoms with Crippen molar-refractivity contribution in [2.75, 3.05) is 19.6 Å².